The molecule has 246 valence electrons. The van der Waals surface area contributed by atoms with Crippen molar-refractivity contribution in [3.8, 4) is 0 Å². The van der Waals surface area contributed by atoms with Crippen LogP contribution in [0.4, 0.5) is 13.2 Å². The van der Waals surface area contributed by atoms with Crippen LogP contribution in [0.5, 0.6) is 0 Å². The minimum atomic E-state index is -4.51. The smallest absolute Gasteiger partial charge is 0.416 e. The monoisotopic (exact) mass is 669 g/mol. The molecule has 0 bridgehead atoms. The zero-order valence-electron chi connectivity index (χ0n) is 25.6. The van der Waals surface area contributed by atoms with Crippen LogP contribution in [0.2, 0.25) is 0 Å². The normalized spacial score (nSPS) is 15.5. The lowest BCUT2D eigenvalue weighted by Gasteiger charge is -2.35. The Morgan fingerprint density at radius 3 is 2.33 bits per heavy atom. The lowest BCUT2D eigenvalue weighted by Crippen LogP contribution is -2.43. The molecule has 2 N–H and O–H groups in total. The SMILES string of the molecule is C=C(C[C@H](Cc1ccc(C(F)(F)F)cc1)NC(=O)c1csc([C@@H](CC(C(C)C)N(C)C(=O)CC2CSC2)OC(C)=O)n1)C(=O)O. The number of alkyl halides is 3. The van der Waals surface area contributed by atoms with E-state index in [4.69, 9.17) is 4.74 Å². The van der Waals surface area contributed by atoms with Gasteiger partial charge in [-0.2, -0.15) is 24.9 Å². The number of amides is 2. The molecule has 0 radical (unpaired) electrons. The van der Waals surface area contributed by atoms with E-state index in [0.717, 1.165) is 35.0 Å². The van der Waals surface area contributed by atoms with E-state index in [1.807, 2.05) is 13.8 Å². The van der Waals surface area contributed by atoms with Crippen molar-refractivity contribution < 1.29 is 42.2 Å². The maximum Gasteiger partial charge on any atom is 0.416 e. The van der Waals surface area contributed by atoms with Gasteiger partial charge in [-0.1, -0.05) is 32.6 Å². The van der Waals surface area contributed by atoms with Gasteiger partial charge in [0.2, 0.25) is 5.91 Å². The molecule has 2 heterocycles. The van der Waals surface area contributed by atoms with E-state index in [9.17, 15) is 37.5 Å². The zero-order chi connectivity index (χ0) is 33.5. The number of hydrogen-bond donors (Lipinski definition) is 2. The van der Waals surface area contributed by atoms with Crippen LogP contribution in [0.25, 0.3) is 0 Å². The van der Waals surface area contributed by atoms with Crippen LogP contribution in [0, 0.1) is 11.8 Å². The molecular weight excluding hydrogens is 631 g/mol. The standard InChI is InChI=1S/C31H38F3N3O6S2/c1-17(2)25(37(5)27(39)12-21-14-44-15-21)13-26(43-19(4)38)29-36-24(16-45-29)28(40)35-23(10-18(3)30(41)42)11-20-6-8-22(9-7-20)31(32,33)34/h6-9,16-17,21,23,25-26H,3,10-15H2,1-2,4-5H3,(H,35,40)(H,41,42)/t23-,25?,26-/m1/s1. The summed E-state index contributed by atoms with van der Waals surface area (Å²) in [7, 11) is 1.74. The number of thiazole rings is 1. The third-order valence-electron chi connectivity index (χ3n) is 7.52. The highest BCUT2D eigenvalue weighted by Crippen LogP contribution is 2.33. The van der Waals surface area contributed by atoms with Crippen LogP contribution in [-0.4, -0.2) is 69.4 Å². The maximum absolute atomic E-state index is 13.2. The number of carboxylic acids is 1. The van der Waals surface area contributed by atoms with E-state index in [1.54, 1.807) is 23.7 Å². The average Bonchev–Trinajstić information content (AvgIpc) is 3.42. The van der Waals surface area contributed by atoms with Crippen LogP contribution in [0.15, 0.2) is 41.8 Å². The average molecular weight is 670 g/mol. The van der Waals surface area contributed by atoms with Gasteiger partial charge in [0.1, 0.15) is 10.7 Å². The van der Waals surface area contributed by atoms with Crippen LogP contribution >= 0.6 is 23.1 Å². The summed E-state index contributed by atoms with van der Waals surface area (Å²) in [6.45, 7) is 8.73. The molecule has 0 aliphatic carbocycles. The summed E-state index contributed by atoms with van der Waals surface area (Å²) in [5.41, 5.74) is -0.559. The predicted molar refractivity (Wildman–Crippen MR) is 166 cm³/mol. The van der Waals surface area contributed by atoms with Gasteiger partial charge in [0, 0.05) is 49.8 Å². The van der Waals surface area contributed by atoms with Crippen molar-refractivity contribution in [2.75, 3.05) is 18.6 Å². The first-order chi connectivity index (χ1) is 21.0. The van der Waals surface area contributed by atoms with Crippen LogP contribution < -0.4 is 5.32 Å². The number of thioether (sulfide) groups is 1. The first kappa shape index (κ1) is 36.1. The molecule has 14 heteroatoms. The Morgan fingerprint density at radius 1 is 1.18 bits per heavy atom. The second-order valence-corrected chi connectivity index (χ2v) is 13.5. The minimum absolute atomic E-state index is 0.00137. The molecule has 1 unspecified atom stereocenters. The molecule has 1 aliphatic heterocycles. The molecule has 1 saturated heterocycles. The Balaban J connectivity index is 1.77. The molecule has 0 saturated carbocycles. The lowest BCUT2D eigenvalue weighted by molar-refractivity contribution is -0.148. The number of nitrogens with one attached hydrogen (secondary N) is 1. The molecule has 2 aromatic rings. The number of ether oxygens (including phenoxy) is 1. The highest BCUT2D eigenvalue weighted by atomic mass is 32.2. The summed E-state index contributed by atoms with van der Waals surface area (Å²) < 4.78 is 44.6. The fourth-order valence-corrected chi connectivity index (χ4v) is 6.59. The van der Waals surface area contributed by atoms with Gasteiger partial charge in [0.15, 0.2) is 6.10 Å². The van der Waals surface area contributed by atoms with Crippen molar-refractivity contribution in [3.63, 3.8) is 0 Å². The zero-order valence-corrected chi connectivity index (χ0v) is 27.2. The van der Waals surface area contributed by atoms with E-state index in [0.29, 0.717) is 22.9 Å². The Hall–Kier alpha value is -3.39. The summed E-state index contributed by atoms with van der Waals surface area (Å²) in [4.78, 5) is 55.9. The molecular formula is C31H38F3N3O6S2. The number of aromatic nitrogens is 1. The van der Waals surface area contributed by atoms with Gasteiger partial charge < -0.3 is 20.1 Å². The number of esters is 1. The quantitative estimate of drug-likeness (QED) is 0.181. The second kappa shape index (κ2) is 15.7. The van der Waals surface area contributed by atoms with Gasteiger partial charge in [-0.05, 0) is 53.9 Å². The topological polar surface area (TPSA) is 126 Å². The molecule has 0 spiro atoms. The number of benzene rings is 1. The van der Waals surface area contributed by atoms with E-state index >= 15 is 0 Å². The second-order valence-electron chi connectivity index (χ2n) is 11.5. The number of hydrogen-bond acceptors (Lipinski definition) is 8. The molecule has 1 aliphatic rings. The summed E-state index contributed by atoms with van der Waals surface area (Å²) >= 11 is 2.91. The third kappa shape index (κ3) is 10.6. The molecule has 3 atom stereocenters. The first-order valence-electron chi connectivity index (χ1n) is 14.4. The Morgan fingerprint density at radius 2 is 1.82 bits per heavy atom. The number of carbonyl (C=O) groups excluding carboxylic acids is 3. The fraction of sp³-hybridized carbons (Fsp3) is 0.516. The lowest BCUT2D eigenvalue weighted by atomic mass is 9.95. The van der Waals surface area contributed by atoms with E-state index in [2.05, 4.69) is 16.9 Å². The number of carboxylic acid groups (broad SMARTS) is 1. The predicted octanol–water partition coefficient (Wildman–Crippen LogP) is 5.76. The van der Waals surface area contributed by atoms with Gasteiger partial charge in [0.25, 0.3) is 5.91 Å². The minimum Gasteiger partial charge on any atom is -0.478 e. The number of rotatable bonds is 15. The molecule has 3 rings (SSSR count). The van der Waals surface area contributed by atoms with Crippen LogP contribution in [0.1, 0.15) is 72.8 Å². The largest absolute Gasteiger partial charge is 0.478 e. The van der Waals surface area contributed by atoms with Crippen molar-refractivity contribution in [1.82, 2.24) is 15.2 Å². The number of aliphatic carboxylic acids is 1. The van der Waals surface area contributed by atoms with Gasteiger partial charge in [0.05, 0.1) is 5.56 Å². The van der Waals surface area contributed by atoms with Gasteiger partial charge in [-0.15, -0.1) is 11.3 Å². The Bertz CT molecular complexity index is 1380. The molecule has 1 aromatic carbocycles. The summed E-state index contributed by atoms with van der Waals surface area (Å²) in [6.07, 6.45) is -4.74. The summed E-state index contributed by atoms with van der Waals surface area (Å²) in [5, 5.41) is 13.9. The van der Waals surface area contributed by atoms with Crippen molar-refractivity contribution in [1.29, 1.82) is 0 Å². The Labute approximate surface area is 268 Å². The summed E-state index contributed by atoms with van der Waals surface area (Å²) in [5.74, 6) is -0.128. The van der Waals surface area contributed by atoms with Crippen molar-refractivity contribution in [2.24, 2.45) is 11.8 Å². The third-order valence-corrected chi connectivity index (χ3v) is 9.87. The van der Waals surface area contributed by atoms with E-state index < -0.39 is 41.7 Å². The van der Waals surface area contributed by atoms with Gasteiger partial charge in [-0.25, -0.2) is 9.78 Å². The number of carbonyl (C=O) groups is 4. The molecule has 1 fully saturated rings. The van der Waals surface area contributed by atoms with Gasteiger partial charge >= 0.3 is 18.1 Å². The maximum atomic E-state index is 13.2. The number of halogens is 3. The van der Waals surface area contributed by atoms with Gasteiger partial charge in [-0.3, -0.25) is 14.4 Å². The van der Waals surface area contributed by atoms with Crippen molar-refractivity contribution in [2.45, 2.75) is 70.8 Å². The molecule has 9 nitrogen and oxygen atoms in total. The molecule has 1 aromatic heterocycles. The highest BCUT2D eigenvalue weighted by Gasteiger charge is 2.33. The van der Waals surface area contributed by atoms with E-state index in [-0.39, 0.29) is 48.4 Å². The van der Waals surface area contributed by atoms with Crippen molar-refractivity contribution in [3.05, 3.63) is 63.6 Å². The van der Waals surface area contributed by atoms with E-state index in [1.165, 1.54) is 24.4 Å². The fourth-order valence-electron chi connectivity index (χ4n) is 4.95. The molecule has 2 amide bonds. The van der Waals surface area contributed by atoms with Crippen LogP contribution in [-0.2, 0) is 31.7 Å². The molecule has 45 heavy (non-hydrogen) atoms. The number of nitrogens with zero attached hydrogens (tertiary/aromatic N) is 2. The van der Waals surface area contributed by atoms with Crippen molar-refractivity contribution >= 4 is 46.9 Å². The Kier molecular flexibility index (Phi) is 12.6. The van der Waals surface area contributed by atoms with Crippen LogP contribution in [0.3, 0.4) is 0 Å². The highest BCUT2D eigenvalue weighted by molar-refractivity contribution is 8.00. The summed E-state index contributed by atoms with van der Waals surface area (Å²) in [6, 6.07) is 3.30. The first-order valence-corrected chi connectivity index (χ1v) is 16.4.